The van der Waals surface area contributed by atoms with Gasteiger partial charge in [0, 0.05) is 32.4 Å². The lowest BCUT2D eigenvalue weighted by molar-refractivity contribution is 0.431. The maximum Gasteiger partial charge on any atom is 0.329 e. The number of hydrogen-bond donors (Lipinski definition) is 1. The molecule has 5 rings (SSSR count). The number of rotatable bonds is 6. The SMILES string of the molecule is CC1CCN(c2nc3c(c(=O)[nH]c(=O)n3C)n2CCCSc2nc3ccccc3s2)CC1. The number of imidazole rings is 1. The zero-order valence-corrected chi connectivity index (χ0v) is 19.8. The van der Waals surface area contributed by atoms with Crippen LogP contribution in [0.4, 0.5) is 5.95 Å². The highest BCUT2D eigenvalue weighted by Crippen LogP contribution is 2.30. The summed E-state index contributed by atoms with van der Waals surface area (Å²) in [5.41, 5.74) is 1.16. The number of aromatic nitrogens is 5. The van der Waals surface area contributed by atoms with Crippen molar-refractivity contribution < 1.29 is 0 Å². The monoisotopic (exact) mass is 470 g/mol. The molecule has 0 unspecified atom stereocenters. The van der Waals surface area contributed by atoms with Gasteiger partial charge < -0.3 is 9.47 Å². The number of fused-ring (bicyclic) bond motifs is 2. The van der Waals surface area contributed by atoms with Crippen LogP contribution < -0.4 is 16.1 Å². The van der Waals surface area contributed by atoms with Gasteiger partial charge in [0.15, 0.2) is 15.5 Å². The number of nitrogens with zero attached hydrogens (tertiary/aromatic N) is 5. The Morgan fingerprint density at radius 2 is 1.97 bits per heavy atom. The fourth-order valence-corrected chi connectivity index (χ4v) is 6.24. The van der Waals surface area contributed by atoms with Crippen LogP contribution in [0.3, 0.4) is 0 Å². The van der Waals surface area contributed by atoms with Crippen molar-refractivity contribution in [3.05, 3.63) is 45.1 Å². The maximum atomic E-state index is 12.7. The lowest BCUT2D eigenvalue weighted by Gasteiger charge is -2.31. The molecule has 1 saturated heterocycles. The quantitative estimate of drug-likeness (QED) is 0.343. The summed E-state index contributed by atoms with van der Waals surface area (Å²) in [5, 5.41) is 0. The van der Waals surface area contributed by atoms with E-state index in [-0.39, 0.29) is 5.56 Å². The summed E-state index contributed by atoms with van der Waals surface area (Å²) in [4.78, 5) is 39.0. The van der Waals surface area contributed by atoms with Crippen LogP contribution in [0.5, 0.6) is 0 Å². The summed E-state index contributed by atoms with van der Waals surface area (Å²) in [6, 6.07) is 8.17. The van der Waals surface area contributed by atoms with Gasteiger partial charge in [0.2, 0.25) is 5.95 Å². The summed E-state index contributed by atoms with van der Waals surface area (Å²) < 4.78 is 5.69. The van der Waals surface area contributed by atoms with E-state index in [0.717, 1.165) is 53.9 Å². The highest BCUT2D eigenvalue weighted by atomic mass is 32.2. The molecule has 0 aliphatic carbocycles. The van der Waals surface area contributed by atoms with E-state index < -0.39 is 5.69 Å². The first kappa shape index (κ1) is 21.3. The Hall–Kier alpha value is -2.59. The first-order valence-electron chi connectivity index (χ1n) is 10.9. The molecule has 1 aliphatic heterocycles. The molecule has 1 fully saturated rings. The molecule has 1 aromatic carbocycles. The highest BCUT2D eigenvalue weighted by molar-refractivity contribution is 8.01. The zero-order valence-electron chi connectivity index (χ0n) is 18.2. The number of anilines is 1. The summed E-state index contributed by atoms with van der Waals surface area (Å²) in [5.74, 6) is 2.38. The molecular formula is C22H26N6O2S2. The minimum absolute atomic E-state index is 0.369. The molecular weight excluding hydrogens is 444 g/mol. The lowest BCUT2D eigenvalue weighted by Crippen LogP contribution is -2.35. The smallest absolute Gasteiger partial charge is 0.329 e. The minimum Gasteiger partial charge on any atom is -0.342 e. The third-order valence-electron chi connectivity index (χ3n) is 6.08. The van der Waals surface area contributed by atoms with Gasteiger partial charge in [-0.05, 0) is 37.3 Å². The first-order valence-corrected chi connectivity index (χ1v) is 12.7. The standard InChI is InChI=1S/C22H26N6O2S2/c1-14-8-11-27(12-9-14)20-24-18-17(19(29)25-21(30)26(18)2)28(20)10-5-13-31-22-23-15-6-3-4-7-16(15)32-22/h3-4,6-7,14H,5,8-13H2,1-2H3,(H,25,29,30). The third-order valence-corrected chi connectivity index (χ3v) is 8.34. The molecule has 8 nitrogen and oxygen atoms in total. The van der Waals surface area contributed by atoms with Crippen LogP contribution in [0.1, 0.15) is 26.2 Å². The molecule has 32 heavy (non-hydrogen) atoms. The average Bonchev–Trinajstić information content (AvgIpc) is 3.37. The molecule has 4 heterocycles. The Bertz CT molecular complexity index is 1340. The molecule has 4 aromatic rings. The van der Waals surface area contributed by atoms with Crippen LogP contribution >= 0.6 is 23.1 Å². The second-order valence-corrected chi connectivity index (χ2v) is 10.7. The van der Waals surface area contributed by atoms with E-state index >= 15 is 0 Å². The van der Waals surface area contributed by atoms with Crippen LogP contribution in [0, 0.1) is 5.92 Å². The van der Waals surface area contributed by atoms with E-state index in [1.807, 2.05) is 22.8 Å². The van der Waals surface area contributed by atoms with E-state index in [2.05, 4.69) is 22.9 Å². The number of aryl methyl sites for hydroxylation is 2. The second kappa shape index (κ2) is 8.74. The van der Waals surface area contributed by atoms with Gasteiger partial charge in [-0.15, -0.1) is 11.3 Å². The van der Waals surface area contributed by atoms with Crippen molar-refractivity contribution in [2.45, 2.75) is 37.1 Å². The molecule has 168 valence electrons. The molecule has 0 bridgehead atoms. The Morgan fingerprint density at radius 1 is 1.19 bits per heavy atom. The number of piperidine rings is 1. The van der Waals surface area contributed by atoms with Crippen molar-refractivity contribution in [2.75, 3.05) is 23.7 Å². The van der Waals surface area contributed by atoms with E-state index in [4.69, 9.17) is 9.97 Å². The molecule has 0 saturated carbocycles. The van der Waals surface area contributed by atoms with Crippen LogP contribution in [0.15, 0.2) is 38.2 Å². The highest BCUT2D eigenvalue weighted by Gasteiger charge is 2.24. The van der Waals surface area contributed by atoms with Gasteiger partial charge in [-0.3, -0.25) is 14.3 Å². The Labute approximate surface area is 193 Å². The molecule has 0 radical (unpaired) electrons. The number of thiazole rings is 1. The van der Waals surface area contributed by atoms with Crippen LogP contribution in [-0.4, -0.2) is 42.9 Å². The molecule has 0 spiro atoms. The van der Waals surface area contributed by atoms with Crippen molar-refractivity contribution in [3.63, 3.8) is 0 Å². The largest absolute Gasteiger partial charge is 0.342 e. The third kappa shape index (κ3) is 3.97. The van der Waals surface area contributed by atoms with Gasteiger partial charge >= 0.3 is 5.69 Å². The Kier molecular flexibility index (Phi) is 5.81. The van der Waals surface area contributed by atoms with E-state index in [0.29, 0.717) is 23.6 Å². The van der Waals surface area contributed by atoms with E-state index in [9.17, 15) is 9.59 Å². The van der Waals surface area contributed by atoms with Crippen molar-refractivity contribution in [3.8, 4) is 0 Å². The first-order chi connectivity index (χ1) is 15.5. The molecule has 1 aliphatic rings. The number of nitrogens with one attached hydrogen (secondary N) is 1. The number of H-pyrrole nitrogens is 1. The lowest BCUT2D eigenvalue weighted by atomic mass is 10.00. The van der Waals surface area contributed by atoms with Crippen molar-refractivity contribution in [2.24, 2.45) is 13.0 Å². The summed E-state index contributed by atoms with van der Waals surface area (Å²) >= 11 is 3.46. The fourth-order valence-electron chi connectivity index (χ4n) is 4.18. The maximum absolute atomic E-state index is 12.7. The van der Waals surface area contributed by atoms with Gasteiger partial charge in [-0.25, -0.2) is 9.78 Å². The number of thioether (sulfide) groups is 1. The van der Waals surface area contributed by atoms with Crippen molar-refractivity contribution in [1.82, 2.24) is 24.1 Å². The summed E-state index contributed by atoms with van der Waals surface area (Å²) in [6.45, 7) is 4.76. The van der Waals surface area contributed by atoms with E-state index in [1.165, 1.54) is 9.27 Å². The topological polar surface area (TPSA) is 88.8 Å². The van der Waals surface area contributed by atoms with Gasteiger partial charge in [0.1, 0.15) is 0 Å². The molecule has 0 atom stereocenters. The van der Waals surface area contributed by atoms with Crippen LogP contribution in [0.25, 0.3) is 21.4 Å². The van der Waals surface area contributed by atoms with Gasteiger partial charge in [0.25, 0.3) is 5.56 Å². The predicted molar refractivity (Wildman–Crippen MR) is 131 cm³/mol. The average molecular weight is 471 g/mol. The van der Waals surface area contributed by atoms with E-state index in [1.54, 1.807) is 30.1 Å². The number of aromatic amines is 1. The Balaban J connectivity index is 1.39. The zero-order chi connectivity index (χ0) is 22.2. The van der Waals surface area contributed by atoms with Crippen molar-refractivity contribution >= 4 is 50.4 Å². The molecule has 1 N–H and O–H groups in total. The normalized spacial score (nSPS) is 15.2. The molecule has 10 heteroatoms. The number of benzene rings is 1. The summed E-state index contributed by atoms with van der Waals surface area (Å²) in [7, 11) is 1.66. The number of hydrogen-bond acceptors (Lipinski definition) is 7. The summed E-state index contributed by atoms with van der Waals surface area (Å²) in [6.07, 6.45) is 3.07. The predicted octanol–water partition coefficient (Wildman–Crippen LogP) is 3.45. The molecule has 0 amide bonds. The van der Waals surface area contributed by atoms with Crippen LogP contribution in [-0.2, 0) is 13.6 Å². The fraction of sp³-hybridized carbons (Fsp3) is 0.455. The second-order valence-electron chi connectivity index (χ2n) is 8.37. The minimum atomic E-state index is -0.433. The number of para-hydroxylation sites is 1. The van der Waals surface area contributed by atoms with Gasteiger partial charge in [-0.2, -0.15) is 4.98 Å². The van der Waals surface area contributed by atoms with Crippen LogP contribution in [0.2, 0.25) is 0 Å². The van der Waals surface area contributed by atoms with Crippen molar-refractivity contribution in [1.29, 1.82) is 0 Å². The van der Waals surface area contributed by atoms with Gasteiger partial charge in [0.05, 0.1) is 10.2 Å². The molecule has 3 aromatic heterocycles. The van der Waals surface area contributed by atoms with Gasteiger partial charge in [-0.1, -0.05) is 30.8 Å². The Morgan fingerprint density at radius 3 is 2.75 bits per heavy atom.